The Hall–Kier alpha value is -0.670. The van der Waals surface area contributed by atoms with Crippen LogP contribution in [-0.4, -0.2) is 72.7 Å². The van der Waals surface area contributed by atoms with Crippen molar-refractivity contribution in [2.75, 3.05) is 39.3 Å². The van der Waals surface area contributed by atoms with Crippen LogP contribution in [0.5, 0.6) is 0 Å². The highest BCUT2D eigenvalue weighted by molar-refractivity contribution is 7.89. The third-order valence-electron chi connectivity index (χ3n) is 4.14. The van der Waals surface area contributed by atoms with Crippen LogP contribution >= 0.6 is 12.4 Å². The van der Waals surface area contributed by atoms with Gasteiger partial charge in [0.1, 0.15) is 4.90 Å². The summed E-state index contributed by atoms with van der Waals surface area (Å²) in [6, 6.07) is 0.568. The van der Waals surface area contributed by atoms with Gasteiger partial charge in [-0.25, -0.2) is 8.42 Å². The highest BCUT2D eigenvalue weighted by Gasteiger charge is 2.32. The lowest BCUT2D eigenvalue weighted by Crippen LogP contribution is -2.52. The molecule has 0 spiro atoms. The first-order chi connectivity index (χ1) is 9.57. The molecule has 2 saturated heterocycles. The van der Waals surface area contributed by atoms with Gasteiger partial charge in [-0.1, -0.05) is 0 Å². The minimum atomic E-state index is -3.38. The minimum Gasteiger partial charge on any atom is -0.315 e. The average molecular weight is 336 g/mol. The lowest BCUT2D eigenvalue weighted by Gasteiger charge is -2.36. The quantitative estimate of drug-likeness (QED) is 0.807. The molecule has 1 unspecified atom stereocenters. The molecular formula is C12H22ClN5O2S. The van der Waals surface area contributed by atoms with Gasteiger partial charge in [-0.15, -0.1) is 12.4 Å². The molecule has 0 aliphatic carbocycles. The number of piperazine rings is 1. The van der Waals surface area contributed by atoms with Crippen molar-refractivity contribution < 1.29 is 8.42 Å². The number of aromatic nitrogens is 2. The fourth-order valence-electron chi connectivity index (χ4n) is 2.94. The van der Waals surface area contributed by atoms with Crippen LogP contribution in [0.25, 0.3) is 0 Å². The van der Waals surface area contributed by atoms with Crippen molar-refractivity contribution in [2.24, 2.45) is 7.05 Å². The molecule has 0 amide bonds. The summed E-state index contributed by atoms with van der Waals surface area (Å²) in [6.07, 6.45) is 4.14. The van der Waals surface area contributed by atoms with E-state index in [-0.39, 0.29) is 17.3 Å². The van der Waals surface area contributed by atoms with Gasteiger partial charge >= 0.3 is 0 Å². The van der Waals surface area contributed by atoms with Crippen LogP contribution in [0, 0.1) is 0 Å². The van der Waals surface area contributed by atoms with Crippen molar-refractivity contribution in [3.63, 3.8) is 0 Å². The van der Waals surface area contributed by atoms with Gasteiger partial charge < -0.3 is 5.32 Å². The Morgan fingerprint density at radius 2 is 2.00 bits per heavy atom. The SMILES string of the molecule is Cl.Cn1cc(S(=O)(=O)N2CCN(C3CCNC3)CC2)cn1. The monoisotopic (exact) mass is 335 g/mol. The molecular weight excluding hydrogens is 314 g/mol. The van der Waals surface area contributed by atoms with Crippen LogP contribution in [0.3, 0.4) is 0 Å². The predicted molar refractivity (Wildman–Crippen MR) is 82.1 cm³/mol. The maximum Gasteiger partial charge on any atom is 0.246 e. The Kier molecular flexibility index (Phi) is 5.26. The summed E-state index contributed by atoms with van der Waals surface area (Å²) in [4.78, 5) is 2.69. The summed E-state index contributed by atoms with van der Waals surface area (Å²) in [5, 5.41) is 7.30. The van der Waals surface area contributed by atoms with Gasteiger partial charge in [-0.3, -0.25) is 9.58 Å². The van der Waals surface area contributed by atoms with Crippen molar-refractivity contribution in [3.05, 3.63) is 12.4 Å². The molecule has 1 atom stereocenters. The van der Waals surface area contributed by atoms with Crippen LogP contribution in [-0.2, 0) is 17.1 Å². The van der Waals surface area contributed by atoms with Crippen molar-refractivity contribution in [1.82, 2.24) is 24.3 Å². The molecule has 0 bridgehead atoms. The third kappa shape index (κ3) is 3.40. The van der Waals surface area contributed by atoms with Crippen LogP contribution in [0.1, 0.15) is 6.42 Å². The molecule has 0 radical (unpaired) electrons. The molecule has 0 aromatic carbocycles. The van der Waals surface area contributed by atoms with Crippen molar-refractivity contribution in [3.8, 4) is 0 Å². The van der Waals surface area contributed by atoms with Crippen LogP contribution in [0.15, 0.2) is 17.3 Å². The Bertz CT molecular complexity index is 562. The Morgan fingerprint density at radius 3 is 2.52 bits per heavy atom. The number of hydrogen-bond donors (Lipinski definition) is 1. The highest BCUT2D eigenvalue weighted by Crippen LogP contribution is 2.18. The predicted octanol–water partition coefficient (Wildman–Crippen LogP) is -0.490. The molecule has 2 fully saturated rings. The molecule has 120 valence electrons. The standard InChI is InChI=1S/C12H21N5O2S.ClH/c1-15-10-12(9-14-15)20(18,19)17-6-4-16(5-7-17)11-2-3-13-8-11;/h9-11,13H,2-8H2,1H3;1H. The van der Waals surface area contributed by atoms with Gasteiger partial charge in [0.15, 0.2) is 0 Å². The normalized spacial score (nSPS) is 24.9. The summed E-state index contributed by atoms with van der Waals surface area (Å²) < 4.78 is 28.0. The summed E-state index contributed by atoms with van der Waals surface area (Å²) in [5.41, 5.74) is 0. The van der Waals surface area contributed by atoms with Crippen molar-refractivity contribution in [1.29, 1.82) is 0 Å². The molecule has 1 N–H and O–H groups in total. The Morgan fingerprint density at radius 1 is 1.29 bits per heavy atom. The molecule has 0 saturated carbocycles. The molecule has 1 aromatic rings. The lowest BCUT2D eigenvalue weighted by atomic mass is 10.2. The van der Waals surface area contributed by atoms with E-state index in [1.54, 1.807) is 17.5 Å². The smallest absolute Gasteiger partial charge is 0.246 e. The number of aryl methyl sites for hydroxylation is 1. The number of rotatable bonds is 3. The topological polar surface area (TPSA) is 70.5 Å². The number of nitrogens with zero attached hydrogens (tertiary/aromatic N) is 4. The number of hydrogen-bond acceptors (Lipinski definition) is 5. The first kappa shape index (κ1) is 16.7. The Balaban J connectivity index is 0.00000161. The molecule has 3 heterocycles. The van der Waals surface area contributed by atoms with Gasteiger partial charge in [-0.2, -0.15) is 9.40 Å². The van der Waals surface area contributed by atoms with Gasteiger partial charge in [0, 0.05) is 52.0 Å². The third-order valence-corrected chi connectivity index (χ3v) is 5.99. The van der Waals surface area contributed by atoms with Gasteiger partial charge in [0.05, 0.1) is 6.20 Å². The maximum absolute atomic E-state index is 12.5. The molecule has 9 heteroatoms. The fraction of sp³-hybridized carbons (Fsp3) is 0.750. The number of nitrogens with one attached hydrogen (secondary N) is 1. The second kappa shape index (κ2) is 6.62. The van der Waals surface area contributed by atoms with Gasteiger partial charge in [-0.05, 0) is 13.0 Å². The van der Waals surface area contributed by atoms with Crippen molar-refractivity contribution in [2.45, 2.75) is 17.4 Å². The lowest BCUT2D eigenvalue weighted by molar-refractivity contribution is 0.145. The first-order valence-electron chi connectivity index (χ1n) is 7.01. The van der Waals surface area contributed by atoms with Crippen molar-refractivity contribution >= 4 is 22.4 Å². The molecule has 2 aliphatic heterocycles. The molecule has 2 aliphatic rings. The van der Waals surface area contributed by atoms with Gasteiger partial charge in [0.25, 0.3) is 0 Å². The number of halogens is 1. The van der Waals surface area contributed by atoms with E-state index in [9.17, 15) is 8.42 Å². The van der Waals surface area contributed by atoms with E-state index < -0.39 is 10.0 Å². The zero-order valence-corrected chi connectivity index (χ0v) is 13.7. The van der Waals surface area contributed by atoms with Crippen LogP contribution in [0.4, 0.5) is 0 Å². The summed E-state index contributed by atoms with van der Waals surface area (Å²) in [6.45, 7) is 4.84. The van der Waals surface area contributed by atoms with Crippen LogP contribution in [0.2, 0.25) is 0 Å². The highest BCUT2D eigenvalue weighted by atomic mass is 35.5. The molecule has 1 aromatic heterocycles. The average Bonchev–Trinajstić information content (AvgIpc) is 3.10. The number of sulfonamides is 1. The minimum absolute atomic E-state index is 0. The van der Waals surface area contributed by atoms with Crippen LogP contribution < -0.4 is 5.32 Å². The zero-order valence-electron chi connectivity index (χ0n) is 12.1. The Labute approximate surface area is 131 Å². The summed E-state index contributed by atoms with van der Waals surface area (Å²) in [5.74, 6) is 0. The molecule has 3 rings (SSSR count). The van der Waals surface area contributed by atoms with E-state index in [1.807, 2.05) is 0 Å². The fourth-order valence-corrected chi connectivity index (χ4v) is 4.35. The maximum atomic E-state index is 12.5. The zero-order chi connectivity index (χ0) is 14.2. The largest absolute Gasteiger partial charge is 0.315 e. The molecule has 7 nitrogen and oxygen atoms in total. The van der Waals surface area contributed by atoms with Gasteiger partial charge in [0.2, 0.25) is 10.0 Å². The summed E-state index contributed by atoms with van der Waals surface area (Å²) >= 11 is 0. The van der Waals surface area contributed by atoms with E-state index in [0.29, 0.717) is 19.1 Å². The summed E-state index contributed by atoms with van der Waals surface area (Å²) in [7, 11) is -1.65. The van der Waals surface area contributed by atoms with E-state index in [2.05, 4.69) is 15.3 Å². The van der Waals surface area contributed by atoms with E-state index >= 15 is 0 Å². The van der Waals surface area contributed by atoms with E-state index in [1.165, 1.54) is 10.9 Å². The van der Waals surface area contributed by atoms with E-state index in [0.717, 1.165) is 32.6 Å². The first-order valence-corrected chi connectivity index (χ1v) is 8.45. The molecule has 21 heavy (non-hydrogen) atoms. The van der Waals surface area contributed by atoms with E-state index in [4.69, 9.17) is 0 Å². The second-order valence-electron chi connectivity index (χ2n) is 5.44. The second-order valence-corrected chi connectivity index (χ2v) is 7.37.